The van der Waals surface area contributed by atoms with Crippen LogP contribution >= 0.6 is 0 Å². The summed E-state index contributed by atoms with van der Waals surface area (Å²) in [5, 5.41) is 9.21. The second-order valence-corrected chi connectivity index (χ2v) is 5.31. The van der Waals surface area contributed by atoms with E-state index in [4.69, 9.17) is 5.73 Å². The molecule has 0 aromatic heterocycles. The van der Waals surface area contributed by atoms with E-state index in [1.165, 1.54) is 19.3 Å². The van der Waals surface area contributed by atoms with Crippen LogP contribution in [0.25, 0.3) is 0 Å². The highest BCUT2D eigenvalue weighted by Gasteiger charge is 2.22. The van der Waals surface area contributed by atoms with Gasteiger partial charge in [-0.1, -0.05) is 31.4 Å². The molecule has 1 aromatic carbocycles. The third-order valence-electron chi connectivity index (χ3n) is 3.96. The molecule has 1 fully saturated rings. The van der Waals surface area contributed by atoms with Gasteiger partial charge in [-0.2, -0.15) is 0 Å². The Morgan fingerprint density at radius 3 is 2.68 bits per heavy atom. The van der Waals surface area contributed by atoms with Crippen molar-refractivity contribution >= 4 is 5.69 Å². The highest BCUT2D eigenvalue weighted by atomic mass is 19.1. The maximum atomic E-state index is 14.0. The van der Waals surface area contributed by atoms with Crippen molar-refractivity contribution in [3.63, 3.8) is 0 Å². The van der Waals surface area contributed by atoms with Gasteiger partial charge in [-0.3, -0.25) is 4.90 Å². The Labute approximate surface area is 114 Å². The molecule has 0 spiro atoms. The lowest BCUT2D eigenvalue weighted by molar-refractivity contribution is 0.116. The molecule has 0 unspecified atom stereocenters. The predicted octanol–water partition coefficient (Wildman–Crippen LogP) is 2.53. The van der Waals surface area contributed by atoms with Crippen LogP contribution < -0.4 is 5.73 Å². The van der Waals surface area contributed by atoms with Gasteiger partial charge in [0.05, 0.1) is 12.3 Å². The first-order valence-corrected chi connectivity index (χ1v) is 7.10. The van der Waals surface area contributed by atoms with E-state index in [0.717, 1.165) is 12.8 Å². The van der Waals surface area contributed by atoms with Crippen LogP contribution in [0.3, 0.4) is 0 Å². The normalized spacial score (nSPS) is 17.0. The largest absolute Gasteiger partial charge is 0.396 e. The summed E-state index contributed by atoms with van der Waals surface area (Å²) in [4.78, 5) is 2.19. The minimum atomic E-state index is -0.318. The van der Waals surface area contributed by atoms with Gasteiger partial charge in [0, 0.05) is 24.7 Å². The van der Waals surface area contributed by atoms with E-state index in [-0.39, 0.29) is 18.1 Å². The third kappa shape index (κ3) is 3.67. The molecule has 19 heavy (non-hydrogen) atoms. The molecule has 1 aromatic rings. The van der Waals surface area contributed by atoms with Gasteiger partial charge in [-0.25, -0.2) is 4.39 Å². The standard InChI is InChI=1S/C15H23FN2O/c16-15-12(5-4-8-14(15)17)11-18(9-10-19)13-6-2-1-3-7-13/h4-5,8,13,19H,1-3,6-7,9-11,17H2. The highest BCUT2D eigenvalue weighted by molar-refractivity contribution is 5.42. The van der Waals surface area contributed by atoms with Crippen LogP contribution in [-0.2, 0) is 6.54 Å². The zero-order chi connectivity index (χ0) is 13.7. The van der Waals surface area contributed by atoms with Gasteiger partial charge in [-0.05, 0) is 18.9 Å². The van der Waals surface area contributed by atoms with Crippen LogP contribution in [0.4, 0.5) is 10.1 Å². The lowest BCUT2D eigenvalue weighted by Crippen LogP contribution is -2.38. The maximum absolute atomic E-state index is 14.0. The molecule has 3 nitrogen and oxygen atoms in total. The number of rotatable bonds is 5. The number of benzene rings is 1. The summed E-state index contributed by atoms with van der Waals surface area (Å²) in [7, 11) is 0. The number of nitrogens with zero attached hydrogens (tertiary/aromatic N) is 1. The summed E-state index contributed by atoms with van der Waals surface area (Å²) >= 11 is 0. The average Bonchev–Trinajstić information content (AvgIpc) is 2.44. The van der Waals surface area contributed by atoms with Crippen molar-refractivity contribution in [2.24, 2.45) is 0 Å². The monoisotopic (exact) mass is 266 g/mol. The molecule has 0 saturated heterocycles. The van der Waals surface area contributed by atoms with Crippen molar-refractivity contribution in [1.82, 2.24) is 4.90 Å². The van der Waals surface area contributed by atoms with Gasteiger partial charge in [-0.15, -0.1) is 0 Å². The van der Waals surface area contributed by atoms with Gasteiger partial charge in [0.1, 0.15) is 0 Å². The van der Waals surface area contributed by atoms with Crippen molar-refractivity contribution in [2.75, 3.05) is 18.9 Å². The first-order chi connectivity index (χ1) is 9.22. The fourth-order valence-corrected chi connectivity index (χ4v) is 2.91. The van der Waals surface area contributed by atoms with Gasteiger partial charge < -0.3 is 10.8 Å². The molecular weight excluding hydrogens is 243 g/mol. The molecular formula is C15H23FN2O. The zero-order valence-corrected chi connectivity index (χ0v) is 11.3. The lowest BCUT2D eigenvalue weighted by atomic mass is 9.94. The molecule has 0 atom stereocenters. The smallest absolute Gasteiger partial charge is 0.150 e. The second kappa shape index (κ2) is 6.87. The fourth-order valence-electron chi connectivity index (χ4n) is 2.91. The number of halogens is 1. The predicted molar refractivity (Wildman–Crippen MR) is 75.2 cm³/mol. The van der Waals surface area contributed by atoms with E-state index < -0.39 is 0 Å². The number of anilines is 1. The number of hydrogen-bond donors (Lipinski definition) is 2. The Morgan fingerprint density at radius 2 is 2.00 bits per heavy atom. The van der Waals surface area contributed by atoms with E-state index in [1.54, 1.807) is 18.2 Å². The molecule has 0 bridgehead atoms. The van der Waals surface area contributed by atoms with E-state index in [1.807, 2.05) is 0 Å². The number of aliphatic hydroxyl groups is 1. The molecule has 0 radical (unpaired) electrons. The van der Waals surface area contributed by atoms with Crippen molar-refractivity contribution in [1.29, 1.82) is 0 Å². The maximum Gasteiger partial charge on any atom is 0.150 e. The zero-order valence-electron chi connectivity index (χ0n) is 11.3. The molecule has 0 amide bonds. The van der Waals surface area contributed by atoms with Crippen LogP contribution in [0.2, 0.25) is 0 Å². The minimum absolute atomic E-state index is 0.112. The van der Waals surface area contributed by atoms with Gasteiger partial charge in [0.15, 0.2) is 5.82 Å². The van der Waals surface area contributed by atoms with Crippen molar-refractivity contribution in [3.05, 3.63) is 29.6 Å². The Balaban J connectivity index is 2.08. The summed E-state index contributed by atoms with van der Waals surface area (Å²) in [6.45, 7) is 1.24. The average molecular weight is 266 g/mol. The topological polar surface area (TPSA) is 49.5 Å². The minimum Gasteiger partial charge on any atom is -0.396 e. The molecule has 3 N–H and O–H groups in total. The van der Waals surface area contributed by atoms with Gasteiger partial charge in [0.25, 0.3) is 0 Å². The first kappa shape index (κ1) is 14.3. The van der Waals surface area contributed by atoms with Crippen molar-refractivity contribution in [2.45, 2.75) is 44.7 Å². The quantitative estimate of drug-likeness (QED) is 0.805. The molecule has 0 heterocycles. The molecule has 106 valence electrons. The molecule has 1 aliphatic carbocycles. The molecule has 1 saturated carbocycles. The number of nitrogen functional groups attached to an aromatic ring is 1. The van der Waals surface area contributed by atoms with Crippen LogP contribution in [0.15, 0.2) is 18.2 Å². The summed E-state index contributed by atoms with van der Waals surface area (Å²) in [6, 6.07) is 5.60. The van der Waals surface area contributed by atoms with Gasteiger partial charge in [0.2, 0.25) is 0 Å². The fraction of sp³-hybridized carbons (Fsp3) is 0.600. The molecule has 2 rings (SSSR count). The summed E-state index contributed by atoms with van der Waals surface area (Å²) in [6.07, 6.45) is 6.03. The van der Waals surface area contributed by atoms with Gasteiger partial charge >= 0.3 is 0 Å². The van der Waals surface area contributed by atoms with E-state index in [9.17, 15) is 9.50 Å². The summed E-state index contributed by atoms with van der Waals surface area (Å²) < 4.78 is 14.0. The van der Waals surface area contributed by atoms with Crippen LogP contribution in [0.5, 0.6) is 0 Å². The van der Waals surface area contributed by atoms with Crippen LogP contribution in [0.1, 0.15) is 37.7 Å². The Morgan fingerprint density at radius 1 is 1.26 bits per heavy atom. The summed E-state index contributed by atoms with van der Waals surface area (Å²) in [5.74, 6) is -0.318. The SMILES string of the molecule is Nc1cccc(CN(CCO)C2CCCCC2)c1F. The number of nitrogens with two attached hydrogens (primary N) is 1. The number of aliphatic hydroxyl groups excluding tert-OH is 1. The van der Waals surface area contributed by atoms with Crippen LogP contribution in [0, 0.1) is 5.82 Å². The van der Waals surface area contributed by atoms with Crippen molar-refractivity contribution < 1.29 is 9.50 Å². The summed E-state index contributed by atoms with van der Waals surface area (Å²) in [5.41, 5.74) is 6.43. The lowest BCUT2D eigenvalue weighted by Gasteiger charge is -2.34. The van der Waals surface area contributed by atoms with E-state index >= 15 is 0 Å². The second-order valence-electron chi connectivity index (χ2n) is 5.31. The van der Waals surface area contributed by atoms with E-state index in [0.29, 0.717) is 24.7 Å². The van der Waals surface area contributed by atoms with Crippen LogP contribution in [-0.4, -0.2) is 29.2 Å². The Bertz CT molecular complexity index is 405. The highest BCUT2D eigenvalue weighted by Crippen LogP contribution is 2.25. The third-order valence-corrected chi connectivity index (χ3v) is 3.96. The Kier molecular flexibility index (Phi) is 5.16. The molecule has 4 heteroatoms. The van der Waals surface area contributed by atoms with E-state index in [2.05, 4.69) is 4.90 Å². The number of hydrogen-bond acceptors (Lipinski definition) is 3. The van der Waals surface area contributed by atoms with Crippen molar-refractivity contribution in [3.8, 4) is 0 Å². The first-order valence-electron chi connectivity index (χ1n) is 7.10. The molecule has 0 aliphatic heterocycles. The molecule has 1 aliphatic rings. The Hall–Kier alpha value is -1.13.